The fourth-order valence-electron chi connectivity index (χ4n) is 2.39. The summed E-state index contributed by atoms with van der Waals surface area (Å²) < 4.78 is 16.2. The Labute approximate surface area is 155 Å². The monoisotopic (exact) mass is 357 g/mol. The largest absolute Gasteiger partial charge is 0.493 e. The number of nitrogens with one attached hydrogen (secondary N) is 1. The summed E-state index contributed by atoms with van der Waals surface area (Å²) in [5, 5.41) is 2.90. The predicted molar refractivity (Wildman–Crippen MR) is 103 cm³/mol. The van der Waals surface area contributed by atoms with Crippen LogP contribution < -0.4 is 14.8 Å². The number of methoxy groups -OCH3 is 1. The van der Waals surface area contributed by atoms with E-state index >= 15 is 0 Å². The maximum Gasteiger partial charge on any atom is 0.259 e. The van der Waals surface area contributed by atoms with Crippen molar-refractivity contribution in [2.45, 2.75) is 26.2 Å². The summed E-state index contributed by atoms with van der Waals surface area (Å²) >= 11 is 0. The first kappa shape index (κ1) is 19.8. The first-order valence-corrected chi connectivity index (χ1v) is 8.99. The average Bonchev–Trinajstić information content (AvgIpc) is 2.67. The molecule has 5 heteroatoms. The summed E-state index contributed by atoms with van der Waals surface area (Å²) in [4.78, 5) is 12.6. The van der Waals surface area contributed by atoms with E-state index < -0.39 is 0 Å². The molecule has 0 radical (unpaired) electrons. The number of carbonyl (C=O) groups excluding carboxylic acids is 1. The van der Waals surface area contributed by atoms with Crippen molar-refractivity contribution in [2.75, 3.05) is 32.2 Å². The molecule has 0 unspecified atom stereocenters. The highest BCUT2D eigenvalue weighted by molar-refractivity contribution is 6.06. The van der Waals surface area contributed by atoms with E-state index in [4.69, 9.17) is 14.2 Å². The van der Waals surface area contributed by atoms with Crippen molar-refractivity contribution in [2.24, 2.45) is 0 Å². The number of carbonyl (C=O) groups is 1. The molecule has 0 aliphatic rings. The minimum absolute atomic E-state index is 0.191. The Bertz CT molecular complexity index is 670. The third kappa shape index (κ3) is 6.41. The Morgan fingerprint density at radius 1 is 0.923 bits per heavy atom. The molecule has 0 aliphatic heterocycles. The summed E-state index contributed by atoms with van der Waals surface area (Å²) in [6.07, 6.45) is 3.24. The Kier molecular flexibility index (Phi) is 8.49. The summed E-state index contributed by atoms with van der Waals surface area (Å²) in [6.45, 7) is 3.79. The van der Waals surface area contributed by atoms with E-state index in [1.54, 1.807) is 13.2 Å². The van der Waals surface area contributed by atoms with Crippen LogP contribution in [0.3, 0.4) is 0 Å². The van der Waals surface area contributed by atoms with Crippen molar-refractivity contribution in [3.8, 4) is 11.5 Å². The zero-order valence-electron chi connectivity index (χ0n) is 15.5. The van der Waals surface area contributed by atoms with Crippen molar-refractivity contribution < 1.29 is 19.0 Å². The molecule has 0 aromatic heterocycles. The van der Waals surface area contributed by atoms with Crippen LogP contribution in [0.25, 0.3) is 0 Å². The van der Waals surface area contributed by atoms with E-state index in [-0.39, 0.29) is 5.91 Å². The van der Waals surface area contributed by atoms with Crippen molar-refractivity contribution in [3.63, 3.8) is 0 Å². The number of hydrogen-bond donors (Lipinski definition) is 1. The Morgan fingerprint density at radius 2 is 1.69 bits per heavy atom. The molecule has 2 rings (SSSR count). The van der Waals surface area contributed by atoms with E-state index in [0.717, 1.165) is 25.0 Å². The van der Waals surface area contributed by atoms with Gasteiger partial charge in [-0.15, -0.1) is 0 Å². The van der Waals surface area contributed by atoms with Gasteiger partial charge in [-0.2, -0.15) is 0 Å². The SMILES string of the molecule is CCCCCOc1ccccc1C(=O)Nc1ccc(OCCOC)cc1. The van der Waals surface area contributed by atoms with Gasteiger partial charge in [-0.05, 0) is 42.8 Å². The van der Waals surface area contributed by atoms with Gasteiger partial charge in [0.25, 0.3) is 5.91 Å². The second-order valence-corrected chi connectivity index (χ2v) is 5.87. The van der Waals surface area contributed by atoms with Crippen molar-refractivity contribution in [1.29, 1.82) is 0 Å². The Hall–Kier alpha value is -2.53. The van der Waals surface area contributed by atoms with E-state index in [1.807, 2.05) is 42.5 Å². The lowest BCUT2D eigenvalue weighted by Gasteiger charge is -2.12. The molecule has 1 N–H and O–H groups in total. The molecule has 2 aromatic rings. The van der Waals surface area contributed by atoms with Gasteiger partial charge in [0, 0.05) is 12.8 Å². The number of benzene rings is 2. The maximum atomic E-state index is 12.6. The minimum atomic E-state index is -0.191. The molecule has 0 heterocycles. The quantitative estimate of drug-likeness (QED) is 0.600. The molecule has 0 saturated carbocycles. The molecule has 1 amide bonds. The molecule has 140 valence electrons. The van der Waals surface area contributed by atoms with E-state index in [2.05, 4.69) is 12.2 Å². The molecule has 5 nitrogen and oxygen atoms in total. The van der Waals surface area contributed by atoms with E-state index in [0.29, 0.717) is 36.8 Å². The average molecular weight is 357 g/mol. The molecule has 26 heavy (non-hydrogen) atoms. The van der Waals surface area contributed by atoms with Crippen LogP contribution in [0.15, 0.2) is 48.5 Å². The van der Waals surface area contributed by atoms with Gasteiger partial charge in [-0.25, -0.2) is 0 Å². The highest BCUT2D eigenvalue weighted by atomic mass is 16.5. The molecule has 0 aliphatic carbocycles. The van der Waals surface area contributed by atoms with Crippen molar-refractivity contribution in [3.05, 3.63) is 54.1 Å². The lowest BCUT2D eigenvalue weighted by Crippen LogP contribution is -2.14. The number of rotatable bonds is 11. The fraction of sp³-hybridized carbons (Fsp3) is 0.381. The lowest BCUT2D eigenvalue weighted by molar-refractivity contribution is 0.102. The Morgan fingerprint density at radius 3 is 2.42 bits per heavy atom. The molecule has 2 aromatic carbocycles. The number of amides is 1. The van der Waals surface area contributed by atoms with E-state index in [9.17, 15) is 4.79 Å². The van der Waals surface area contributed by atoms with Gasteiger partial charge in [0.2, 0.25) is 0 Å². The molecule has 0 bridgehead atoms. The molecule has 0 saturated heterocycles. The highest BCUT2D eigenvalue weighted by Gasteiger charge is 2.12. The fourth-order valence-corrected chi connectivity index (χ4v) is 2.39. The smallest absolute Gasteiger partial charge is 0.259 e. The van der Waals surface area contributed by atoms with Gasteiger partial charge in [0.15, 0.2) is 0 Å². The summed E-state index contributed by atoms with van der Waals surface area (Å²) in [6, 6.07) is 14.6. The minimum Gasteiger partial charge on any atom is -0.493 e. The van der Waals surface area contributed by atoms with Gasteiger partial charge in [0.1, 0.15) is 18.1 Å². The van der Waals surface area contributed by atoms with Gasteiger partial charge in [0.05, 0.1) is 18.8 Å². The first-order chi connectivity index (χ1) is 12.7. The number of anilines is 1. The normalized spacial score (nSPS) is 10.4. The number of ether oxygens (including phenoxy) is 3. The summed E-state index contributed by atoms with van der Waals surface area (Å²) in [5.41, 5.74) is 1.24. The molecular weight excluding hydrogens is 330 g/mol. The van der Waals surface area contributed by atoms with Crippen LogP contribution in [0.1, 0.15) is 36.5 Å². The van der Waals surface area contributed by atoms with Crippen LogP contribution in [-0.2, 0) is 4.74 Å². The standard InChI is InChI=1S/C21H27NO4/c1-3-4-7-14-26-20-9-6-5-8-19(20)21(23)22-17-10-12-18(13-11-17)25-16-15-24-2/h5-6,8-13H,3-4,7,14-16H2,1-2H3,(H,22,23). The molecule has 0 fully saturated rings. The van der Waals surface area contributed by atoms with Gasteiger partial charge >= 0.3 is 0 Å². The topological polar surface area (TPSA) is 56.8 Å². The van der Waals surface area contributed by atoms with Crippen LogP contribution in [0.5, 0.6) is 11.5 Å². The van der Waals surface area contributed by atoms with Crippen molar-refractivity contribution in [1.82, 2.24) is 0 Å². The molecular formula is C21H27NO4. The number of para-hydroxylation sites is 1. The van der Waals surface area contributed by atoms with Gasteiger partial charge in [-0.3, -0.25) is 4.79 Å². The zero-order chi connectivity index (χ0) is 18.6. The third-order valence-electron chi connectivity index (χ3n) is 3.81. The van der Waals surface area contributed by atoms with Crippen LogP contribution in [-0.4, -0.2) is 32.8 Å². The van der Waals surface area contributed by atoms with Crippen molar-refractivity contribution >= 4 is 11.6 Å². The predicted octanol–water partition coefficient (Wildman–Crippen LogP) is 4.53. The highest BCUT2D eigenvalue weighted by Crippen LogP contribution is 2.21. The lowest BCUT2D eigenvalue weighted by atomic mass is 10.1. The van der Waals surface area contributed by atoms with Crippen LogP contribution in [0.2, 0.25) is 0 Å². The molecule has 0 spiro atoms. The molecule has 0 atom stereocenters. The first-order valence-electron chi connectivity index (χ1n) is 8.99. The summed E-state index contributed by atoms with van der Waals surface area (Å²) in [5.74, 6) is 1.16. The number of unbranched alkanes of at least 4 members (excludes halogenated alkanes) is 2. The van der Waals surface area contributed by atoms with Crippen LogP contribution >= 0.6 is 0 Å². The van der Waals surface area contributed by atoms with Gasteiger partial charge in [-0.1, -0.05) is 31.9 Å². The maximum absolute atomic E-state index is 12.6. The third-order valence-corrected chi connectivity index (χ3v) is 3.81. The van der Waals surface area contributed by atoms with Crippen LogP contribution in [0, 0.1) is 0 Å². The van der Waals surface area contributed by atoms with Gasteiger partial charge < -0.3 is 19.5 Å². The second-order valence-electron chi connectivity index (χ2n) is 5.87. The van der Waals surface area contributed by atoms with Crippen LogP contribution in [0.4, 0.5) is 5.69 Å². The Balaban J connectivity index is 1.94. The number of hydrogen-bond acceptors (Lipinski definition) is 4. The second kappa shape index (κ2) is 11.2. The summed E-state index contributed by atoms with van der Waals surface area (Å²) in [7, 11) is 1.63. The zero-order valence-corrected chi connectivity index (χ0v) is 15.5. The van der Waals surface area contributed by atoms with E-state index in [1.165, 1.54) is 0 Å².